The molecule has 0 aromatic carbocycles. The van der Waals surface area contributed by atoms with Gasteiger partial charge in [-0.1, -0.05) is 13.8 Å². The van der Waals surface area contributed by atoms with E-state index in [1.807, 2.05) is 0 Å². The highest BCUT2D eigenvalue weighted by atomic mass is 15.0. The molecule has 2 heteroatoms. The quantitative estimate of drug-likeness (QED) is 0.702. The van der Waals surface area contributed by atoms with E-state index < -0.39 is 0 Å². The Kier molecular flexibility index (Phi) is 2.08. The molecule has 0 aliphatic heterocycles. The lowest BCUT2D eigenvalue weighted by molar-refractivity contribution is 0.460. The number of nitrogens with zero attached hydrogens (tertiary/aromatic N) is 1. The maximum absolute atomic E-state index is 8.76. The minimum Gasteiger partial charge on any atom is -0.311 e. The Balaban J connectivity index is 1.77. The summed E-state index contributed by atoms with van der Waals surface area (Å²) in [6, 6.07) is 3.71. The first-order valence-electron chi connectivity index (χ1n) is 5.27. The molecule has 0 amide bonds. The van der Waals surface area contributed by atoms with Crippen LogP contribution in [0.4, 0.5) is 0 Å². The summed E-state index contributed by atoms with van der Waals surface area (Å²) >= 11 is 0. The number of nitriles is 1. The van der Waals surface area contributed by atoms with Crippen LogP contribution in [0.15, 0.2) is 0 Å². The molecular weight excluding hydrogens is 160 g/mol. The smallest absolute Gasteiger partial charge is 0.0656 e. The summed E-state index contributed by atoms with van der Waals surface area (Å²) in [7, 11) is 0. The van der Waals surface area contributed by atoms with Crippen LogP contribution in [0, 0.1) is 22.7 Å². The maximum Gasteiger partial charge on any atom is 0.0656 e. The van der Waals surface area contributed by atoms with Gasteiger partial charge in [0.2, 0.25) is 0 Å². The van der Waals surface area contributed by atoms with Gasteiger partial charge in [-0.3, -0.25) is 0 Å². The lowest BCUT2D eigenvalue weighted by Crippen LogP contribution is -2.30. The molecule has 0 aromatic rings. The molecule has 2 aliphatic rings. The standard InChI is InChI=1S/C11H18N2/c1-11(2)6-10(11)13-9-4-3-8(5-9)7-12/h8-10,13H,3-6H2,1-2H3. The fraction of sp³-hybridized carbons (Fsp3) is 0.909. The van der Waals surface area contributed by atoms with E-state index in [1.54, 1.807) is 0 Å². The molecule has 13 heavy (non-hydrogen) atoms. The molecule has 0 radical (unpaired) electrons. The average molecular weight is 178 g/mol. The molecule has 2 fully saturated rings. The van der Waals surface area contributed by atoms with E-state index in [1.165, 1.54) is 12.8 Å². The number of nitrogens with one attached hydrogen (secondary N) is 1. The minimum atomic E-state index is 0.319. The van der Waals surface area contributed by atoms with Gasteiger partial charge in [0.25, 0.3) is 0 Å². The Morgan fingerprint density at radius 3 is 2.54 bits per heavy atom. The van der Waals surface area contributed by atoms with Gasteiger partial charge >= 0.3 is 0 Å². The van der Waals surface area contributed by atoms with Crippen molar-refractivity contribution in [1.29, 1.82) is 5.26 Å². The minimum absolute atomic E-state index is 0.319. The number of hydrogen-bond acceptors (Lipinski definition) is 2. The third-order valence-corrected chi connectivity index (χ3v) is 3.57. The maximum atomic E-state index is 8.76. The lowest BCUT2D eigenvalue weighted by Gasteiger charge is -2.13. The molecule has 2 saturated carbocycles. The van der Waals surface area contributed by atoms with Crippen molar-refractivity contribution in [3.63, 3.8) is 0 Å². The van der Waals surface area contributed by atoms with Gasteiger partial charge in [0.1, 0.15) is 0 Å². The van der Waals surface area contributed by atoms with Crippen molar-refractivity contribution in [2.75, 3.05) is 0 Å². The van der Waals surface area contributed by atoms with Crippen LogP contribution >= 0.6 is 0 Å². The molecule has 1 N–H and O–H groups in total. The van der Waals surface area contributed by atoms with Crippen LogP contribution in [-0.2, 0) is 0 Å². The van der Waals surface area contributed by atoms with Crippen LogP contribution in [0.25, 0.3) is 0 Å². The highest BCUT2D eigenvalue weighted by Gasteiger charge is 2.46. The lowest BCUT2D eigenvalue weighted by atomic mass is 10.1. The van der Waals surface area contributed by atoms with Gasteiger partial charge in [0.15, 0.2) is 0 Å². The van der Waals surface area contributed by atoms with E-state index in [0.29, 0.717) is 17.4 Å². The van der Waals surface area contributed by atoms with Gasteiger partial charge in [-0.15, -0.1) is 0 Å². The summed E-state index contributed by atoms with van der Waals surface area (Å²) in [4.78, 5) is 0. The van der Waals surface area contributed by atoms with Gasteiger partial charge in [-0.25, -0.2) is 0 Å². The monoisotopic (exact) mass is 178 g/mol. The average Bonchev–Trinajstić information content (AvgIpc) is 2.48. The second-order valence-corrected chi connectivity index (χ2v) is 5.25. The Bertz CT molecular complexity index is 239. The van der Waals surface area contributed by atoms with Gasteiger partial charge in [0, 0.05) is 18.0 Å². The largest absolute Gasteiger partial charge is 0.311 e. The molecule has 3 unspecified atom stereocenters. The molecule has 2 aliphatic carbocycles. The van der Waals surface area contributed by atoms with Crippen LogP contribution in [0.3, 0.4) is 0 Å². The van der Waals surface area contributed by atoms with Crippen molar-refractivity contribution < 1.29 is 0 Å². The van der Waals surface area contributed by atoms with Crippen molar-refractivity contribution >= 4 is 0 Å². The van der Waals surface area contributed by atoms with Crippen LogP contribution in [0.1, 0.15) is 39.5 Å². The predicted molar refractivity (Wildman–Crippen MR) is 52.1 cm³/mol. The third kappa shape index (κ3) is 1.86. The van der Waals surface area contributed by atoms with Gasteiger partial charge < -0.3 is 5.32 Å². The van der Waals surface area contributed by atoms with Crippen LogP contribution < -0.4 is 5.32 Å². The molecule has 2 rings (SSSR count). The molecule has 3 atom stereocenters. The first-order valence-corrected chi connectivity index (χ1v) is 5.27. The Morgan fingerprint density at radius 2 is 2.08 bits per heavy atom. The number of hydrogen-bond donors (Lipinski definition) is 1. The van der Waals surface area contributed by atoms with E-state index in [2.05, 4.69) is 25.2 Å². The fourth-order valence-electron chi connectivity index (χ4n) is 2.29. The zero-order valence-electron chi connectivity index (χ0n) is 8.51. The molecule has 0 aromatic heterocycles. The molecule has 0 spiro atoms. The SMILES string of the molecule is CC1(C)CC1NC1CCC(C#N)C1. The zero-order chi connectivity index (χ0) is 9.47. The van der Waals surface area contributed by atoms with E-state index in [0.717, 1.165) is 18.9 Å². The fourth-order valence-corrected chi connectivity index (χ4v) is 2.29. The number of rotatable bonds is 2. The zero-order valence-corrected chi connectivity index (χ0v) is 8.51. The van der Waals surface area contributed by atoms with Gasteiger partial charge in [-0.2, -0.15) is 5.26 Å². The summed E-state index contributed by atoms with van der Waals surface area (Å²) in [6.07, 6.45) is 4.68. The predicted octanol–water partition coefficient (Wildman–Crippen LogP) is 2.07. The highest BCUT2D eigenvalue weighted by Crippen LogP contribution is 2.45. The van der Waals surface area contributed by atoms with E-state index in [4.69, 9.17) is 5.26 Å². The van der Waals surface area contributed by atoms with Crippen molar-refractivity contribution in [3.05, 3.63) is 0 Å². The molecule has 0 bridgehead atoms. The van der Waals surface area contributed by atoms with Crippen LogP contribution in [-0.4, -0.2) is 12.1 Å². The van der Waals surface area contributed by atoms with Crippen LogP contribution in [0.2, 0.25) is 0 Å². The molecule has 72 valence electrons. The van der Waals surface area contributed by atoms with Crippen molar-refractivity contribution in [3.8, 4) is 6.07 Å². The first-order chi connectivity index (χ1) is 6.12. The van der Waals surface area contributed by atoms with Crippen LogP contribution in [0.5, 0.6) is 0 Å². The van der Waals surface area contributed by atoms with Crippen molar-refractivity contribution in [2.45, 2.75) is 51.6 Å². The Hall–Kier alpha value is -0.550. The van der Waals surface area contributed by atoms with E-state index >= 15 is 0 Å². The molecular formula is C11H18N2. The highest BCUT2D eigenvalue weighted by molar-refractivity contribution is 5.04. The second-order valence-electron chi connectivity index (χ2n) is 5.25. The summed E-state index contributed by atoms with van der Waals surface area (Å²) in [5.41, 5.74) is 0.519. The Morgan fingerprint density at radius 1 is 1.38 bits per heavy atom. The summed E-state index contributed by atoms with van der Waals surface area (Å²) in [5.74, 6) is 0.319. The van der Waals surface area contributed by atoms with Crippen molar-refractivity contribution in [2.24, 2.45) is 11.3 Å². The third-order valence-electron chi connectivity index (χ3n) is 3.57. The summed E-state index contributed by atoms with van der Waals surface area (Å²) < 4.78 is 0. The topological polar surface area (TPSA) is 35.8 Å². The molecule has 0 saturated heterocycles. The van der Waals surface area contributed by atoms with E-state index in [-0.39, 0.29) is 0 Å². The molecule has 2 nitrogen and oxygen atoms in total. The van der Waals surface area contributed by atoms with Crippen molar-refractivity contribution in [1.82, 2.24) is 5.32 Å². The molecule has 0 heterocycles. The van der Waals surface area contributed by atoms with Gasteiger partial charge in [-0.05, 0) is 31.1 Å². The van der Waals surface area contributed by atoms with E-state index in [9.17, 15) is 0 Å². The van der Waals surface area contributed by atoms with Gasteiger partial charge in [0.05, 0.1) is 6.07 Å². The second kappa shape index (κ2) is 2.99. The Labute approximate surface area is 80.3 Å². The summed E-state index contributed by atoms with van der Waals surface area (Å²) in [5, 5.41) is 12.4. The normalized spacial score (nSPS) is 41.5. The summed E-state index contributed by atoms with van der Waals surface area (Å²) in [6.45, 7) is 4.61. The first kappa shape index (κ1) is 9.02.